The zero-order chi connectivity index (χ0) is 19.7. The molecule has 0 N–H and O–H groups in total. The second-order valence-electron chi connectivity index (χ2n) is 7.23. The van der Waals surface area contributed by atoms with Gasteiger partial charge >= 0.3 is 0 Å². The molecule has 0 bridgehead atoms. The Hall–Kier alpha value is -2.36. The third-order valence-corrected chi connectivity index (χ3v) is 7.31. The first kappa shape index (κ1) is 19.0. The maximum atomic E-state index is 13.3. The highest BCUT2D eigenvalue weighted by molar-refractivity contribution is 7.98. The first-order chi connectivity index (χ1) is 13.6. The molecule has 0 saturated carbocycles. The summed E-state index contributed by atoms with van der Waals surface area (Å²) in [5.41, 5.74) is 2.95. The van der Waals surface area contributed by atoms with Crippen molar-refractivity contribution < 1.29 is 0 Å². The lowest BCUT2D eigenvalue weighted by atomic mass is 9.89. The minimum absolute atomic E-state index is 0.0465. The standard InChI is InChI=1S/C22H21N3OS2/c1-3-9-25-21(26)19-17-8-7-14(2)10-18(17)28-20(19)24-22(25)27-13-16-6-4-5-15(11-16)12-23/h3-6,11,14H,1,7-10,13H2,2H3/t14-/m0/s1. The summed E-state index contributed by atoms with van der Waals surface area (Å²) in [6.07, 6.45) is 4.89. The fraction of sp³-hybridized carbons (Fsp3) is 0.318. The number of allylic oxidation sites excluding steroid dienone is 1. The van der Waals surface area contributed by atoms with E-state index in [0.29, 0.717) is 28.9 Å². The molecule has 1 aromatic carbocycles. The molecule has 0 unspecified atom stereocenters. The molecule has 1 aliphatic carbocycles. The van der Waals surface area contributed by atoms with Crippen molar-refractivity contribution in [3.8, 4) is 6.07 Å². The van der Waals surface area contributed by atoms with Gasteiger partial charge in [-0.2, -0.15) is 5.26 Å². The average Bonchev–Trinajstić information content (AvgIpc) is 3.06. The van der Waals surface area contributed by atoms with E-state index in [2.05, 4.69) is 19.6 Å². The van der Waals surface area contributed by atoms with Crippen LogP contribution in [0.3, 0.4) is 0 Å². The zero-order valence-corrected chi connectivity index (χ0v) is 17.4. The quantitative estimate of drug-likeness (QED) is 0.342. The van der Waals surface area contributed by atoms with Gasteiger partial charge in [0.25, 0.3) is 5.56 Å². The molecule has 3 aromatic rings. The minimum atomic E-state index is 0.0465. The number of nitrogens with zero attached hydrogens (tertiary/aromatic N) is 3. The third kappa shape index (κ3) is 3.52. The van der Waals surface area contributed by atoms with Crippen molar-refractivity contribution in [3.63, 3.8) is 0 Å². The summed E-state index contributed by atoms with van der Waals surface area (Å²) >= 11 is 3.22. The van der Waals surface area contributed by atoms with Crippen LogP contribution in [0.1, 0.15) is 34.9 Å². The van der Waals surface area contributed by atoms with Gasteiger partial charge in [-0.05, 0) is 48.4 Å². The molecule has 0 fully saturated rings. The zero-order valence-electron chi connectivity index (χ0n) is 15.8. The fourth-order valence-corrected chi connectivity index (χ4v) is 6.06. The monoisotopic (exact) mass is 407 g/mol. The van der Waals surface area contributed by atoms with Crippen LogP contribution in [0.2, 0.25) is 0 Å². The van der Waals surface area contributed by atoms with Crippen LogP contribution in [0.25, 0.3) is 10.2 Å². The lowest BCUT2D eigenvalue weighted by molar-refractivity contribution is 0.509. The first-order valence-electron chi connectivity index (χ1n) is 9.38. The molecule has 2 aromatic heterocycles. The molecular weight excluding hydrogens is 386 g/mol. The summed E-state index contributed by atoms with van der Waals surface area (Å²) in [6.45, 7) is 6.53. The van der Waals surface area contributed by atoms with Crippen molar-refractivity contribution in [1.82, 2.24) is 9.55 Å². The number of thioether (sulfide) groups is 1. The number of hydrogen-bond acceptors (Lipinski definition) is 5. The molecule has 0 saturated heterocycles. The smallest absolute Gasteiger partial charge is 0.263 e. The predicted molar refractivity (Wildman–Crippen MR) is 116 cm³/mol. The summed E-state index contributed by atoms with van der Waals surface area (Å²) in [4.78, 5) is 20.4. The maximum Gasteiger partial charge on any atom is 0.263 e. The Balaban J connectivity index is 1.75. The molecule has 6 heteroatoms. The molecule has 0 spiro atoms. The Morgan fingerprint density at radius 2 is 2.36 bits per heavy atom. The lowest BCUT2D eigenvalue weighted by Crippen LogP contribution is -2.23. The van der Waals surface area contributed by atoms with E-state index in [0.717, 1.165) is 35.0 Å². The van der Waals surface area contributed by atoms with Crippen LogP contribution in [0.15, 0.2) is 46.9 Å². The van der Waals surface area contributed by atoms with Gasteiger partial charge in [0, 0.05) is 17.2 Å². The van der Waals surface area contributed by atoms with E-state index < -0.39 is 0 Å². The minimum Gasteiger partial charge on any atom is -0.283 e. The van der Waals surface area contributed by atoms with Crippen LogP contribution in [-0.4, -0.2) is 9.55 Å². The van der Waals surface area contributed by atoms with Crippen molar-refractivity contribution in [3.05, 3.63) is 68.8 Å². The summed E-state index contributed by atoms with van der Waals surface area (Å²) < 4.78 is 1.74. The molecule has 2 heterocycles. The van der Waals surface area contributed by atoms with E-state index in [1.165, 1.54) is 22.2 Å². The van der Waals surface area contributed by atoms with Gasteiger partial charge in [0.2, 0.25) is 0 Å². The number of hydrogen-bond donors (Lipinski definition) is 0. The Morgan fingerprint density at radius 1 is 1.50 bits per heavy atom. The van der Waals surface area contributed by atoms with E-state index in [9.17, 15) is 4.79 Å². The van der Waals surface area contributed by atoms with E-state index >= 15 is 0 Å². The normalized spacial score (nSPS) is 15.9. The first-order valence-corrected chi connectivity index (χ1v) is 11.2. The molecule has 142 valence electrons. The summed E-state index contributed by atoms with van der Waals surface area (Å²) in [5.74, 6) is 1.32. The van der Waals surface area contributed by atoms with E-state index in [-0.39, 0.29) is 5.56 Å². The van der Waals surface area contributed by atoms with Crippen molar-refractivity contribution in [2.75, 3.05) is 0 Å². The number of fused-ring (bicyclic) bond motifs is 3. The predicted octanol–water partition coefficient (Wildman–Crippen LogP) is 4.93. The number of aromatic nitrogens is 2. The van der Waals surface area contributed by atoms with Crippen LogP contribution in [0.4, 0.5) is 0 Å². The largest absolute Gasteiger partial charge is 0.283 e. The highest BCUT2D eigenvalue weighted by Crippen LogP contribution is 2.36. The van der Waals surface area contributed by atoms with Gasteiger partial charge < -0.3 is 0 Å². The van der Waals surface area contributed by atoms with Crippen LogP contribution in [0.5, 0.6) is 0 Å². The van der Waals surface area contributed by atoms with Crippen molar-refractivity contribution in [2.24, 2.45) is 5.92 Å². The Morgan fingerprint density at radius 3 is 3.14 bits per heavy atom. The summed E-state index contributed by atoms with van der Waals surface area (Å²) in [5, 5.41) is 10.6. The van der Waals surface area contributed by atoms with Gasteiger partial charge in [-0.3, -0.25) is 9.36 Å². The number of nitriles is 1. The maximum absolute atomic E-state index is 13.3. The van der Waals surface area contributed by atoms with Gasteiger partial charge in [-0.1, -0.05) is 36.9 Å². The fourth-order valence-electron chi connectivity index (χ4n) is 3.68. The van der Waals surface area contributed by atoms with Gasteiger partial charge in [0.05, 0.1) is 17.0 Å². The molecular formula is C22H21N3OS2. The molecule has 28 heavy (non-hydrogen) atoms. The molecule has 1 aliphatic rings. The topological polar surface area (TPSA) is 58.7 Å². The average molecular weight is 408 g/mol. The highest BCUT2D eigenvalue weighted by Gasteiger charge is 2.24. The van der Waals surface area contributed by atoms with Crippen LogP contribution >= 0.6 is 23.1 Å². The Kier molecular flexibility index (Phi) is 5.38. The molecule has 4 rings (SSSR count). The van der Waals surface area contributed by atoms with E-state index in [4.69, 9.17) is 10.2 Å². The summed E-state index contributed by atoms with van der Waals surface area (Å²) in [6, 6.07) is 9.73. The molecule has 0 aliphatic heterocycles. The Labute approximate surface area is 172 Å². The van der Waals surface area contributed by atoms with Crippen LogP contribution < -0.4 is 5.56 Å². The highest BCUT2D eigenvalue weighted by atomic mass is 32.2. The van der Waals surface area contributed by atoms with Gasteiger partial charge in [0.1, 0.15) is 4.83 Å². The van der Waals surface area contributed by atoms with Crippen molar-refractivity contribution >= 4 is 33.3 Å². The lowest BCUT2D eigenvalue weighted by Gasteiger charge is -2.17. The number of aryl methyl sites for hydroxylation is 1. The van der Waals surface area contributed by atoms with Crippen molar-refractivity contribution in [2.45, 2.75) is 43.6 Å². The third-order valence-electron chi connectivity index (χ3n) is 5.12. The molecule has 0 radical (unpaired) electrons. The second-order valence-corrected chi connectivity index (χ2v) is 9.26. The second kappa shape index (κ2) is 7.94. The molecule has 0 amide bonds. The van der Waals surface area contributed by atoms with Gasteiger partial charge in [-0.25, -0.2) is 4.98 Å². The SMILES string of the molecule is C=CCn1c(SCc2cccc(C#N)c2)nc2sc3c(c2c1=O)CC[C@H](C)C3. The number of rotatable bonds is 5. The van der Waals surface area contributed by atoms with Crippen molar-refractivity contribution in [1.29, 1.82) is 5.26 Å². The summed E-state index contributed by atoms with van der Waals surface area (Å²) in [7, 11) is 0. The van der Waals surface area contributed by atoms with Crippen LogP contribution in [0, 0.1) is 17.2 Å². The molecule has 4 nitrogen and oxygen atoms in total. The van der Waals surface area contributed by atoms with Crippen LogP contribution in [-0.2, 0) is 25.1 Å². The number of benzene rings is 1. The van der Waals surface area contributed by atoms with Gasteiger partial charge in [0.15, 0.2) is 5.16 Å². The molecule has 1 atom stereocenters. The van der Waals surface area contributed by atoms with E-state index in [1.54, 1.807) is 28.0 Å². The number of thiophene rings is 1. The van der Waals surface area contributed by atoms with Gasteiger partial charge in [-0.15, -0.1) is 17.9 Å². The Bertz CT molecular complexity index is 1150. The van der Waals surface area contributed by atoms with E-state index in [1.807, 2.05) is 18.2 Å².